The second-order valence-electron chi connectivity index (χ2n) is 14.8. The van der Waals surface area contributed by atoms with Gasteiger partial charge in [0.2, 0.25) is 12.4 Å². The number of rotatable bonds is 12. The summed E-state index contributed by atoms with van der Waals surface area (Å²) in [6.07, 6.45) is 5.27. The third-order valence-electron chi connectivity index (χ3n) is 11.8. The van der Waals surface area contributed by atoms with Crippen molar-refractivity contribution in [2.45, 2.75) is 56.2 Å². The second kappa shape index (κ2) is 16.2. The van der Waals surface area contributed by atoms with Gasteiger partial charge in [-0.1, -0.05) is 71.7 Å². The van der Waals surface area contributed by atoms with E-state index in [-0.39, 0.29) is 22.5 Å². The van der Waals surface area contributed by atoms with E-state index in [1.807, 2.05) is 48.5 Å². The maximum atomic E-state index is 14.0. The number of methoxy groups -OCH3 is 2. The molecule has 4 aliphatic heterocycles. The minimum Gasteiger partial charge on any atom is -0.493 e. The van der Waals surface area contributed by atoms with E-state index in [1.54, 1.807) is 31.4 Å². The number of fused-ring (bicyclic) bond motifs is 3. The highest BCUT2D eigenvalue weighted by molar-refractivity contribution is 6.35. The van der Waals surface area contributed by atoms with Crippen LogP contribution in [0.2, 0.25) is 10.0 Å². The Kier molecular flexibility index (Phi) is 11.4. The van der Waals surface area contributed by atoms with Crippen molar-refractivity contribution in [2.75, 3.05) is 40.4 Å². The van der Waals surface area contributed by atoms with Crippen LogP contribution in [0.3, 0.4) is 0 Å². The Hall–Kier alpha value is -4.35. The van der Waals surface area contributed by atoms with Crippen LogP contribution in [0.4, 0.5) is 0 Å². The Morgan fingerprint density at radius 1 is 0.926 bits per heavy atom. The number of benzene rings is 3. The lowest BCUT2D eigenvalue weighted by atomic mass is 9.64. The number of hydrogen-bond donors (Lipinski definition) is 2. The number of hydrogen-bond acceptors (Lipinski definition) is 8. The highest BCUT2D eigenvalue weighted by Gasteiger charge is 2.51. The number of piperidine rings is 4. The summed E-state index contributed by atoms with van der Waals surface area (Å²) in [5.41, 5.74) is 2.38. The minimum atomic E-state index is -0.957. The van der Waals surface area contributed by atoms with Crippen LogP contribution in [0.1, 0.15) is 64.4 Å². The van der Waals surface area contributed by atoms with E-state index >= 15 is 0 Å². The van der Waals surface area contributed by atoms with Crippen LogP contribution < -0.4 is 14.2 Å². The number of nitrogens with zero attached hydrogens (tertiary/aromatic N) is 3. The highest BCUT2D eigenvalue weighted by atomic mass is 35.5. The summed E-state index contributed by atoms with van der Waals surface area (Å²) >= 11 is 13.0. The summed E-state index contributed by atoms with van der Waals surface area (Å²) in [6.45, 7) is 4.39. The standard InChI is InChI=1S/C42H45Cl2N3O7/c1-52-37-12-11-29(20-39(37)53-2)38(21-32-34(43)25-47(51)26-35(32)44)54-40(48)30-8-6-7-27(19-30)23-46-18-15-42(41(49)50,31-9-4-3-5-10-31)22-36(46)33-24-45-16-13-28(33)14-17-45/h3-12,19-20,25-26,28,33,36,38H,13-18,21-24H2,1-2H3,(H-,49,50,51)/p+1/t33-,36?,38-,42?/m0/s1. The largest absolute Gasteiger partial charge is 0.493 e. The lowest BCUT2D eigenvalue weighted by molar-refractivity contribution is -0.904. The fourth-order valence-corrected chi connectivity index (χ4v) is 9.53. The van der Waals surface area contributed by atoms with E-state index in [1.165, 1.54) is 19.5 Å². The summed E-state index contributed by atoms with van der Waals surface area (Å²) in [4.78, 5) is 32.2. The summed E-state index contributed by atoms with van der Waals surface area (Å²) in [5, 5.41) is 21.2. The first-order valence-corrected chi connectivity index (χ1v) is 19.2. The minimum absolute atomic E-state index is 0.0613. The van der Waals surface area contributed by atoms with Gasteiger partial charge in [0.15, 0.2) is 11.5 Å². The molecule has 0 amide bonds. The van der Waals surface area contributed by atoms with Crippen LogP contribution in [0.25, 0.3) is 0 Å². The summed E-state index contributed by atoms with van der Waals surface area (Å²) in [5.74, 6) is 0.625. The molecule has 2 unspecified atom stereocenters. The smallest absolute Gasteiger partial charge is 0.338 e. The Balaban J connectivity index is 1.16. The van der Waals surface area contributed by atoms with Crippen LogP contribution in [0.15, 0.2) is 85.2 Å². The van der Waals surface area contributed by atoms with Gasteiger partial charge in [-0.25, -0.2) is 4.79 Å². The fraction of sp³-hybridized carbons (Fsp3) is 0.405. The van der Waals surface area contributed by atoms with E-state index in [4.69, 9.17) is 37.4 Å². The van der Waals surface area contributed by atoms with Gasteiger partial charge in [-0.2, -0.15) is 0 Å². The molecule has 2 bridgehead atoms. The van der Waals surface area contributed by atoms with Gasteiger partial charge in [-0.15, -0.1) is 0 Å². The molecule has 4 fully saturated rings. The number of ether oxygens (including phenoxy) is 3. The number of aliphatic carboxylic acids is 1. The molecule has 0 saturated carbocycles. The van der Waals surface area contributed by atoms with Crippen molar-refractivity contribution >= 4 is 35.1 Å². The van der Waals surface area contributed by atoms with Crippen molar-refractivity contribution < 1.29 is 38.8 Å². The molecule has 0 radical (unpaired) electrons. The van der Waals surface area contributed by atoms with Gasteiger partial charge >= 0.3 is 11.9 Å². The van der Waals surface area contributed by atoms with Crippen LogP contribution in [-0.2, 0) is 27.9 Å². The zero-order valence-electron chi connectivity index (χ0n) is 30.5. The Morgan fingerprint density at radius 2 is 1.65 bits per heavy atom. The molecule has 0 spiro atoms. The Bertz CT molecular complexity index is 1970. The summed E-state index contributed by atoms with van der Waals surface area (Å²) < 4.78 is 18.0. The molecule has 54 heavy (non-hydrogen) atoms. The van der Waals surface area contributed by atoms with Gasteiger partial charge in [-0.05, 0) is 91.6 Å². The predicted molar refractivity (Wildman–Crippen MR) is 204 cm³/mol. The number of carbonyl (C=O) groups is 2. The molecular formula is C42H46Cl2N3O7+. The van der Waals surface area contributed by atoms with E-state index < -0.39 is 23.5 Å². The molecule has 4 aromatic rings. The average Bonchev–Trinajstić information content (AvgIpc) is 3.19. The van der Waals surface area contributed by atoms with Crippen molar-refractivity contribution in [2.24, 2.45) is 11.8 Å². The molecular weight excluding hydrogens is 729 g/mol. The predicted octanol–water partition coefficient (Wildman–Crippen LogP) is 7.01. The molecule has 10 nitrogen and oxygen atoms in total. The van der Waals surface area contributed by atoms with Gasteiger partial charge in [0.05, 0.1) is 25.2 Å². The summed E-state index contributed by atoms with van der Waals surface area (Å²) in [7, 11) is 3.08. The van der Waals surface area contributed by atoms with Gasteiger partial charge in [-0.3, -0.25) is 14.9 Å². The van der Waals surface area contributed by atoms with Crippen molar-refractivity contribution in [1.82, 2.24) is 9.80 Å². The normalized spacial score (nSPS) is 24.4. The molecule has 4 aliphatic rings. The highest BCUT2D eigenvalue weighted by Crippen LogP contribution is 2.46. The lowest BCUT2D eigenvalue weighted by Gasteiger charge is -2.54. The number of carboxylic acid groups (broad SMARTS) is 1. The van der Waals surface area contributed by atoms with Gasteiger partial charge in [0, 0.05) is 42.4 Å². The number of likely N-dealkylation sites (tertiary alicyclic amines) is 1. The van der Waals surface area contributed by atoms with Crippen LogP contribution in [0.5, 0.6) is 11.5 Å². The topological polar surface area (TPSA) is 113 Å². The third kappa shape index (κ3) is 7.75. The molecule has 4 atom stereocenters. The average molecular weight is 776 g/mol. The Labute approximate surface area is 325 Å². The van der Waals surface area contributed by atoms with Crippen molar-refractivity contribution in [3.63, 3.8) is 0 Å². The molecule has 2 N–H and O–H groups in total. The number of carboxylic acids is 1. The number of esters is 1. The fourth-order valence-electron chi connectivity index (χ4n) is 8.92. The van der Waals surface area contributed by atoms with Gasteiger partial charge in [0.25, 0.3) is 0 Å². The first-order chi connectivity index (χ1) is 26.1. The molecule has 284 valence electrons. The SMILES string of the molecule is COc1ccc([C@H](Cc2c(Cl)c[n+](O)cc2Cl)OC(=O)c2cccc(CN3CCC(C(=O)O)(c4ccccc4)CC3[C@H]3CN4CCC3CC4)c2)cc1OC. The summed E-state index contributed by atoms with van der Waals surface area (Å²) in [6, 6.07) is 22.6. The van der Waals surface area contributed by atoms with Gasteiger partial charge in [0.1, 0.15) is 16.1 Å². The lowest BCUT2D eigenvalue weighted by Crippen LogP contribution is -2.60. The quantitative estimate of drug-likeness (QED) is 0.0893. The maximum absolute atomic E-state index is 14.0. The Morgan fingerprint density at radius 3 is 2.30 bits per heavy atom. The van der Waals surface area contributed by atoms with Crippen molar-refractivity contribution in [1.29, 1.82) is 0 Å². The molecule has 12 heteroatoms. The molecule has 8 rings (SSSR count). The van der Waals surface area contributed by atoms with Crippen LogP contribution in [-0.4, -0.2) is 78.5 Å². The molecule has 5 heterocycles. The van der Waals surface area contributed by atoms with Crippen LogP contribution >= 0.6 is 23.2 Å². The van der Waals surface area contributed by atoms with E-state index in [9.17, 15) is 19.9 Å². The third-order valence-corrected chi connectivity index (χ3v) is 12.5. The maximum Gasteiger partial charge on any atom is 0.338 e. The van der Waals surface area contributed by atoms with E-state index in [2.05, 4.69) is 9.80 Å². The first-order valence-electron chi connectivity index (χ1n) is 18.4. The van der Waals surface area contributed by atoms with Gasteiger partial charge < -0.3 is 24.2 Å². The number of carbonyl (C=O) groups excluding carboxylic acids is 1. The number of halogens is 2. The zero-order valence-corrected chi connectivity index (χ0v) is 32.0. The zero-order chi connectivity index (χ0) is 38.0. The monoisotopic (exact) mass is 774 g/mol. The second-order valence-corrected chi connectivity index (χ2v) is 15.6. The van der Waals surface area contributed by atoms with Crippen LogP contribution in [0, 0.1) is 11.8 Å². The van der Waals surface area contributed by atoms with Crippen molar-refractivity contribution in [3.8, 4) is 11.5 Å². The number of aromatic nitrogens is 1. The first kappa shape index (κ1) is 37.9. The van der Waals surface area contributed by atoms with E-state index in [0.29, 0.717) is 66.0 Å². The van der Waals surface area contributed by atoms with Crippen molar-refractivity contribution in [3.05, 3.63) is 123 Å². The molecule has 1 aromatic heterocycles. The van der Waals surface area contributed by atoms with E-state index in [0.717, 1.165) is 48.3 Å². The number of pyridine rings is 1. The molecule has 3 aromatic carbocycles. The molecule has 0 aliphatic carbocycles. The molecule has 4 saturated heterocycles.